The highest BCUT2D eigenvalue weighted by molar-refractivity contribution is 9.10. The zero-order valence-corrected chi connectivity index (χ0v) is 17.1. The molecule has 3 nitrogen and oxygen atoms in total. The highest BCUT2D eigenvalue weighted by Gasteiger charge is 2.36. The third-order valence-corrected chi connectivity index (χ3v) is 7.38. The molecule has 134 valence electrons. The number of hydrogen-bond acceptors (Lipinski definition) is 2. The van der Waals surface area contributed by atoms with Crippen LogP contribution < -0.4 is 4.72 Å². The smallest absolute Gasteiger partial charge is 0.235 e. The normalized spacial score (nSPS) is 14.6. The summed E-state index contributed by atoms with van der Waals surface area (Å²) in [5.74, 6) is 0. The van der Waals surface area contributed by atoms with Crippen molar-refractivity contribution < 1.29 is 8.42 Å². The molecule has 0 bridgehead atoms. The van der Waals surface area contributed by atoms with Gasteiger partial charge in [0, 0.05) is 15.4 Å². The fourth-order valence-corrected chi connectivity index (χ4v) is 5.29. The molecule has 0 saturated heterocycles. The number of nitrogens with one attached hydrogen (secondary N) is 1. The molecular formula is C21H20BrNO2S. The number of anilines is 1. The SMILES string of the molecule is Cc1ccc(C)c(-c2cc(Br)c3ccccc3c2NS(=O)(=O)C2CC2)c1. The molecule has 5 heteroatoms. The molecule has 0 heterocycles. The Morgan fingerprint density at radius 3 is 2.35 bits per heavy atom. The summed E-state index contributed by atoms with van der Waals surface area (Å²) in [5, 5.41) is 1.63. The van der Waals surface area contributed by atoms with Crippen LogP contribution in [0.4, 0.5) is 5.69 Å². The summed E-state index contributed by atoms with van der Waals surface area (Å²) in [4.78, 5) is 0. The van der Waals surface area contributed by atoms with Crippen molar-refractivity contribution in [3.8, 4) is 11.1 Å². The number of fused-ring (bicyclic) bond motifs is 1. The molecule has 1 aliphatic rings. The number of sulfonamides is 1. The fourth-order valence-electron chi connectivity index (χ4n) is 3.28. The van der Waals surface area contributed by atoms with Crippen LogP contribution in [0.5, 0.6) is 0 Å². The first-order chi connectivity index (χ1) is 12.4. The lowest BCUT2D eigenvalue weighted by atomic mass is 9.94. The number of hydrogen-bond donors (Lipinski definition) is 1. The van der Waals surface area contributed by atoms with Gasteiger partial charge in [0.1, 0.15) is 0 Å². The number of aryl methyl sites for hydroxylation is 2. The molecule has 26 heavy (non-hydrogen) atoms. The van der Waals surface area contributed by atoms with E-state index < -0.39 is 10.0 Å². The third kappa shape index (κ3) is 3.14. The second-order valence-electron chi connectivity index (χ2n) is 6.99. The van der Waals surface area contributed by atoms with Gasteiger partial charge in [-0.05, 0) is 49.3 Å². The molecule has 0 amide bonds. The highest BCUT2D eigenvalue weighted by atomic mass is 79.9. The number of benzene rings is 3. The quantitative estimate of drug-likeness (QED) is 0.570. The van der Waals surface area contributed by atoms with E-state index in [1.165, 1.54) is 0 Å². The Morgan fingerprint density at radius 1 is 0.962 bits per heavy atom. The second-order valence-corrected chi connectivity index (χ2v) is 9.81. The van der Waals surface area contributed by atoms with Crippen LogP contribution in [0.15, 0.2) is 53.0 Å². The van der Waals surface area contributed by atoms with E-state index in [2.05, 4.69) is 45.8 Å². The van der Waals surface area contributed by atoms with Crippen LogP contribution in [0, 0.1) is 13.8 Å². The number of halogens is 1. The standard InChI is InChI=1S/C21H20BrNO2S/c1-13-7-8-14(2)18(11-13)19-12-20(22)16-5-3-4-6-17(16)21(19)23-26(24,25)15-9-10-15/h3-8,11-12,15,23H,9-10H2,1-2H3. The predicted molar refractivity (Wildman–Crippen MR) is 112 cm³/mol. The van der Waals surface area contributed by atoms with Gasteiger partial charge in [0.05, 0.1) is 10.9 Å². The molecule has 0 radical (unpaired) electrons. The average Bonchev–Trinajstić information content (AvgIpc) is 3.45. The molecule has 0 atom stereocenters. The van der Waals surface area contributed by atoms with Gasteiger partial charge >= 0.3 is 0 Å². The van der Waals surface area contributed by atoms with E-state index in [0.717, 1.165) is 50.3 Å². The molecule has 1 fully saturated rings. The summed E-state index contributed by atoms with van der Waals surface area (Å²) in [7, 11) is -3.36. The van der Waals surface area contributed by atoms with Gasteiger partial charge in [-0.1, -0.05) is 64.0 Å². The van der Waals surface area contributed by atoms with Gasteiger partial charge in [-0.3, -0.25) is 4.72 Å². The second kappa shape index (κ2) is 6.39. The molecule has 0 aromatic heterocycles. The van der Waals surface area contributed by atoms with E-state index in [9.17, 15) is 8.42 Å². The van der Waals surface area contributed by atoms with Crippen LogP contribution in [-0.4, -0.2) is 13.7 Å². The minimum absolute atomic E-state index is 0.267. The van der Waals surface area contributed by atoms with Gasteiger partial charge in [0.15, 0.2) is 0 Å². The molecule has 1 N–H and O–H groups in total. The van der Waals surface area contributed by atoms with E-state index in [1.807, 2.05) is 37.3 Å². The monoisotopic (exact) mass is 429 g/mol. The summed E-state index contributed by atoms with van der Waals surface area (Å²) < 4.78 is 29.3. The van der Waals surface area contributed by atoms with Gasteiger partial charge in [-0.25, -0.2) is 8.42 Å². The maximum atomic E-state index is 12.7. The minimum atomic E-state index is -3.36. The van der Waals surface area contributed by atoms with E-state index in [0.29, 0.717) is 5.69 Å². The van der Waals surface area contributed by atoms with Crippen molar-refractivity contribution in [1.82, 2.24) is 0 Å². The van der Waals surface area contributed by atoms with Crippen LogP contribution in [0.2, 0.25) is 0 Å². The van der Waals surface area contributed by atoms with E-state index in [1.54, 1.807) is 0 Å². The largest absolute Gasteiger partial charge is 0.282 e. The van der Waals surface area contributed by atoms with Gasteiger partial charge < -0.3 is 0 Å². The molecule has 4 rings (SSSR count). The Labute approximate surface area is 162 Å². The van der Waals surface area contributed by atoms with Crippen LogP contribution in [0.1, 0.15) is 24.0 Å². The Bertz CT molecular complexity index is 1120. The lowest BCUT2D eigenvalue weighted by Gasteiger charge is -2.18. The first kappa shape index (κ1) is 17.6. The van der Waals surface area contributed by atoms with Crippen LogP contribution in [0.25, 0.3) is 21.9 Å². The summed E-state index contributed by atoms with van der Waals surface area (Å²) in [6, 6.07) is 16.2. The zero-order chi connectivity index (χ0) is 18.5. The predicted octanol–water partition coefficient (Wildman–Crippen LogP) is 5.79. The molecule has 3 aromatic carbocycles. The van der Waals surface area contributed by atoms with E-state index in [-0.39, 0.29) is 5.25 Å². The van der Waals surface area contributed by atoms with Gasteiger partial charge in [-0.2, -0.15) is 0 Å². The molecule has 1 aliphatic carbocycles. The topological polar surface area (TPSA) is 46.2 Å². The van der Waals surface area contributed by atoms with Crippen LogP contribution in [-0.2, 0) is 10.0 Å². The summed E-state index contributed by atoms with van der Waals surface area (Å²) in [6.07, 6.45) is 1.48. The fraction of sp³-hybridized carbons (Fsp3) is 0.238. The Kier molecular flexibility index (Phi) is 4.32. The van der Waals surface area contributed by atoms with Crippen LogP contribution in [0.3, 0.4) is 0 Å². The van der Waals surface area contributed by atoms with Crippen molar-refractivity contribution in [1.29, 1.82) is 0 Å². The van der Waals surface area contributed by atoms with E-state index in [4.69, 9.17) is 0 Å². The van der Waals surface area contributed by atoms with Crippen molar-refractivity contribution in [2.75, 3.05) is 4.72 Å². The Morgan fingerprint density at radius 2 is 1.65 bits per heavy atom. The van der Waals surface area contributed by atoms with Gasteiger partial charge in [0.2, 0.25) is 10.0 Å². The zero-order valence-electron chi connectivity index (χ0n) is 14.7. The lowest BCUT2D eigenvalue weighted by Crippen LogP contribution is -2.18. The van der Waals surface area contributed by atoms with E-state index >= 15 is 0 Å². The van der Waals surface area contributed by atoms with Crippen LogP contribution >= 0.6 is 15.9 Å². The molecule has 0 spiro atoms. The molecular weight excluding hydrogens is 410 g/mol. The maximum absolute atomic E-state index is 12.7. The van der Waals surface area contributed by atoms with Crippen molar-refractivity contribution in [3.05, 3.63) is 64.1 Å². The Hall–Kier alpha value is -1.85. The molecule has 0 unspecified atom stereocenters. The minimum Gasteiger partial charge on any atom is -0.282 e. The number of rotatable bonds is 4. The van der Waals surface area contributed by atoms with Crippen molar-refractivity contribution in [3.63, 3.8) is 0 Å². The first-order valence-electron chi connectivity index (χ1n) is 8.67. The lowest BCUT2D eigenvalue weighted by molar-refractivity contribution is 0.600. The molecule has 0 aliphatic heterocycles. The maximum Gasteiger partial charge on any atom is 0.235 e. The van der Waals surface area contributed by atoms with Gasteiger partial charge in [-0.15, -0.1) is 0 Å². The van der Waals surface area contributed by atoms with Gasteiger partial charge in [0.25, 0.3) is 0 Å². The summed E-state index contributed by atoms with van der Waals surface area (Å²) >= 11 is 3.67. The average molecular weight is 430 g/mol. The molecule has 1 saturated carbocycles. The summed E-state index contributed by atoms with van der Waals surface area (Å²) in [6.45, 7) is 4.10. The third-order valence-electron chi connectivity index (χ3n) is 4.88. The molecule has 3 aromatic rings. The summed E-state index contributed by atoms with van der Waals surface area (Å²) in [5.41, 5.74) is 4.88. The van der Waals surface area contributed by atoms with Crippen molar-refractivity contribution in [2.24, 2.45) is 0 Å². The van der Waals surface area contributed by atoms with Crippen molar-refractivity contribution >= 4 is 42.4 Å². The van der Waals surface area contributed by atoms with Crippen molar-refractivity contribution in [2.45, 2.75) is 31.9 Å². The first-order valence-corrected chi connectivity index (χ1v) is 11.0. The highest BCUT2D eigenvalue weighted by Crippen LogP contribution is 2.42. The Balaban J connectivity index is 2.02.